The quantitative estimate of drug-likeness (QED) is 0.573. The Hall–Kier alpha value is -2.97. The van der Waals surface area contributed by atoms with Crippen molar-refractivity contribution in [3.05, 3.63) is 79.6 Å². The molecule has 154 valence electrons. The summed E-state index contributed by atoms with van der Waals surface area (Å²) in [6, 6.07) is 10.9. The number of methoxy groups -OCH3 is 1. The molecular weight excluding hydrogens is 454 g/mol. The monoisotopic (exact) mass is 471 g/mol. The Morgan fingerprint density at radius 2 is 1.93 bits per heavy atom. The van der Waals surface area contributed by atoms with Gasteiger partial charge in [0.25, 0.3) is 5.91 Å². The molecule has 2 aromatic carbocycles. The van der Waals surface area contributed by atoms with Gasteiger partial charge in [0.05, 0.1) is 29.7 Å². The Bertz CT molecular complexity index is 1200. The summed E-state index contributed by atoms with van der Waals surface area (Å²) < 4.78 is 11.3. The maximum Gasteiger partial charge on any atom is 0.337 e. The van der Waals surface area contributed by atoms with Gasteiger partial charge in [-0.2, -0.15) is 0 Å². The maximum atomic E-state index is 13.4. The van der Waals surface area contributed by atoms with Crippen molar-refractivity contribution < 1.29 is 23.8 Å². The molecule has 1 aromatic heterocycles. The van der Waals surface area contributed by atoms with Gasteiger partial charge in [0, 0.05) is 17.6 Å². The molecule has 1 aliphatic rings. The molecule has 0 spiro atoms. The van der Waals surface area contributed by atoms with Crippen LogP contribution in [0.1, 0.15) is 44.5 Å². The van der Waals surface area contributed by atoms with Gasteiger partial charge in [-0.25, -0.2) is 4.79 Å². The zero-order chi connectivity index (χ0) is 21.4. The van der Waals surface area contributed by atoms with Gasteiger partial charge in [0.2, 0.25) is 5.76 Å². The van der Waals surface area contributed by atoms with E-state index >= 15 is 0 Å². The number of carbonyl (C=O) groups excluding carboxylic acids is 2. The molecule has 0 bridgehead atoms. The SMILES string of the molecule is COC(=O)c1ccc(C2c3c(oc4ccc(Br)cc4c3=O)C(=O)N2CCCO)cc1. The van der Waals surface area contributed by atoms with Gasteiger partial charge < -0.3 is 19.2 Å². The molecule has 0 radical (unpaired) electrons. The summed E-state index contributed by atoms with van der Waals surface area (Å²) >= 11 is 3.36. The van der Waals surface area contributed by atoms with Crippen molar-refractivity contribution in [1.82, 2.24) is 4.90 Å². The Balaban J connectivity index is 1.90. The van der Waals surface area contributed by atoms with E-state index in [1.807, 2.05) is 0 Å². The molecule has 0 fully saturated rings. The third-order valence-corrected chi connectivity index (χ3v) is 5.63. The second-order valence-corrected chi connectivity index (χ2v) is 7.82. The molecule has 1 unspecified atom stereocenters. The van der Waals surface area contributed by atoms with Crippen molar-refractivity contribution in [2.24, 2.45) is 0 Å². The summed E-state index contributed by atoms with van der Waals surface area (Å²) in [6.45, 7) is 0.160. The average molecular weight is 472 g/mol. The van der Waals surface area contributed by atoms with Gasteiger partial charge in [-0.05, 0) is 42.3 Å². The van der Waals surface area contributed by atoms with Crippen molar-refractivity contribution in [3.8, 4) is 0 Å². The molecular formula is C22H18BrNO6. The Labute approximate surface area is 180 Å². The Morgan fingerprint density at radius 1 is 1.20 bits per heavy atom. The first kappa shape index (κ1) is 20.3. The van der Waals surface area contributed by atoms with Gasteiger partial charge in [-0.1, -0.05) is 28.1 Å². The lowest BCUT2D eigenvalue weighted by atomic mass is 9.97. The lowest BCUT2D eigenvalue weighted by Gasteiger charge is -2.25. The standard InChI is InChI=1S/C22H18BrNO6/c1-29-22(28)13-5-3-12(4-6-13)18-17-19(26)15-11-14(23)7-8-16(15)30-20(17)21(27)24(18)9-2-10-25/h3-8,11,18,25H,2,9-10H2,1H3. The minimum atomic E-state index is -0.676. The Morgan fingerprint density at radius 3 is 2.60 bits per heavy atom. The van der Waals surface area contributed by atoms with E-state index in [0.29, 0.717) is 28.5 Å². The van der Waals surface area contributed by atoms with Crippen molar-refractivity contribution in [1.29, 1.82) is 0 Å². The van der Waals surface area contributed by atoms with Crippen molar-refractivity contribution in [2.45, 2.75) is 12.5 Å². The lowest BCUT2D eigenvalue weighted by molar-refractivity contribution is 0.0599. The van der Waals surface area contributed by atoms with Crippen LogP contribution in [0, 0.1) is 0 Å². The topological polar surface area (TPSA) is 97.0 Å². The molecule has 1 atom stereocenters. The van der Waals surface area contributed by atoms with Crippen LogP contribution in [0.2, 0.25) is 0 Å². The number of hydrogen-bond acceptors (Lipinski definition) is 6. The number of esters is 1. The number of aliphatic hydroxyl groups is 1. The summed E-state index contributed by atoms with van der Waals surface area (Å²) in [5.74, 6) is -0.867. The van der Waals surface area contributed by atoms with Crippen LogP contribution in [0.5, 0.6) is 0 Å². The van der Waals surface area contributed by atoms with Crippen molar-refractivity contribution in [2.75, 3.05) is 20.3 Å². The van der Waals surface area contributed by atoms with E-state index in [-0.39, 0.29) is 29.9 Å². The Kier molecular flexibility index (Phi) is 5.44. The van der Waals surface area contributed by atoms with E-state index < -0.39 is 17.9 Å². The second-order valence-electron chi connectivity index (χ2n) is 6.91. The number of fused-ring (bicyclic) bond motifs is 2. The first-order valence-corrected chi connectivity index (χ1v) is 10.1. The summed E-state index contributed by atoms with van der Waals surface area (Å²) in [5.41, 5.74) is 1.33. The molecule has 7 nitrogen and oxygen atoms in total. The number of ether oxygens (including phenoxy) is 1. The number of amides is 1. The molecule has 8 heteroatoms. The highest BCUT2D eigenvalue weighted by Crippen LogP contribution is 2.38. The molecule has 0 aliphatic carbocycles. The maximum absolute atomic E-state index is 13.4. The summed E-state index contributed by atoms with van der Waals surface area (Å²) in [6.07, 6.45) is 0.357. The summed E-state index contributed by atoms with van der Waals surface area (Å²) in [7, 11) is 1.30. The van der Waals surface area contributed by atoms with Crippen LogP contribution >= 0.6 is 15.9 Å². The molecule has 2 heterocycles. The highest BCUT2D eigenvalue weighted by molar-refractivity contribution is 9.10. The van der Waals surface area contributed by atoms with Gasteiger partial charge in [-0.15, -0.1) is 0 Å². The molecule has 0 saturated carbocycles. The van der Waals surface area contributed by atoms with E-state index in [0.717, 1.165) is 4.47 Å². The molecule has 1 aliphatic heterocycles. The van der Waals surface area contributed by atoms with Gasteiger partial charge in [0.15, 0.2) is 5.43 Å². The number of benzene rings is 2. The third-order valence-electron chi connectivity index (χ3n) is 5.13. The smallest absolute Gasteiger partial charge is 0.337 e. The van der Waals surface area contributed by atoms with Crippen molar-refractivity contribution in [3.63, 3.8) is 0 Å². The minimum absolute atomic E-state index is 0.00908. The number of rotatable bonds is 5. The fourth-order valence-corrected chi connectivity index (χ4v) is 4.09. The summed E-state index contributed by atoms with van der Waals surface area (Å²) in [5, 5.41) is 9.64. The van der Waals surface area contributed by atoms with Crippen LogP contribution in [0.3, 0.4) is 0 Å². The number of hydrogen-bond donors (Lipinski definition) is 1. The highest BCUT2D eigenvalue weighted by atomic mass is 79.9. The van der Waals surface area contributed by atoms with Crippen LogP contribution in [-0.4, -0.2) is 42.1 Å². The van der Waals surface area contributed by atoms with Gasteiger partial charge in [-0.3, -0.25) is 9.59 Å². The molecule has 1 N–H and O–H groups in total. The number of aliphatic hydroxyl groups excluding tert-OH is 1. The highest BCUT2D eigenvalue weighted by Gasteiger charge is 2.42. The fraction of sp³-hybridized carbons (Fsp3) is 0.227. The molecule has 1 amide bonds. The second kappa shape index (κ2) is 8.04. The predicted octanol–water partition coefficient (Wildman–Crippen LogP) is 3.27. The van der Waals surface area contributed by atoms with Crippen molar-refractivity contribution >= 4 is 38.8 Å². The van der Waals surface area contributed by atoms with E-state index in [4.69, 9.17) is 9.15 Å². The van der Waals surface area contributed by atoms with Crippen LogP contribution < -0.4 is 5.43 Å². The zero-order valence-corrected chi connectivity index (χ0v) is 17.6. The van der Waals surface area contributed by atoms with E-state index in [1.54, 1.807) is 42.5 Å². The molecule has 0 saturated heterocycles. The van der Waals surface area contributed by atoms with Crippen LogP contribution in [0.25, 0.3) is 11.0 Å². The van der Waals surface area contributed by atoms with Crippen LogP contribution in [-0.2, 0) is 4.74 Å². The largest absolute Gasteiger partial charge is 0.465 e. The first-order chi connectivity index (χ1) is 14.5. The normalized spacial score (nSPS) is 15.5. The number of carbonyl (C=O) groups is 2. The fourth-order valence-electron chi connectivity index (χ4n) is 3.73. The summed E-state index contributed by atoms with van der Waals surface area (Å²) in [4.78, 5) is 39.7. The first-order valence-electron chi connectivity index (χ1n) is 9.32. The predicted molar refractivity (Wildman–Crippen MR) is 113 cm³/mol. The lowest BCUT2D eigenvalue weighted by Crippen LogP contribution is -2.31. The zero-order valence-electron chi connectivity index (χ0n) is 16.1. The number of nitrogens with zero attached hydrogens (tertiary/aromatic N) is 1. The van der Waals surface area contributed by atoms with E-state index in [1.165, 1.54) is 12.0 Å². The molecule has 4 rings (SSSR count). The van der Waals surface area contributed by atoms with Crippen LogP contribution in [0.4, 0.5) is 0 Å². The van der Waals surface area contributed by atoms with Gasteiger partial charge in [0.1, 0.15) is 5.58 Å². The third kappa shape index (κ3) is 3.32. The molecule has 3 aromatic rings. The minimum Gasteiger partial charge on any atom is -0.465 e. The van der Waals surface area contributed by atoms with Gasteiger partial charge >= 0.3 is 5.97 Å². The van der Waals surface area contributed by atoms with Crippen LogP contribution in [0.15, 0.2) is 56.1 Å². The van der Waals surface area contributed by atoms with E-state index in [2.05, 4.69) is 15.9 Å². The number of halogens is 1. The van der Waals surface area contributed by atoms with E-state index in [9.17, 15) is 19.5 Å². The molecule has 30 heavy (non-hydrogen) atoms. The average Bonchev–Trinajstić information content (AvgIpc) is 3.04.